The Morgan fingerprint density at radius 2 is 2.20 bits per heavy atom. The number of carbonyl (C=O) groups is 1. The average Bonchev–Trinajstić information content (AvgIpc) is 2.95. The molecule has 136 valence electrons. The molecule has 1 aliphatic heterocycles. The van der Waals surface area contributed by atoms with Crippen LogP contribution in [0.1, 0.15) is 17.7 Å². The van der Waals surface area contributed by atoms with Crippen molar-refractivity contribution in [2.24, 2.45) is 0 Å². The maximum absolute atomic E-state index is 13.0. The molecule has 1 aliphatic rings. The van der Waals surface area contributed by atoms with E-state index in [2.05, 4.69) is 15.7 Å². The molecule has 1 aromatic carbocycles. The number of aromatic nitrogens is 2. The number of nitrogens with zero attached hydrogens (tertiary/aromatic N) is 2. The number of hydrogen-bond acceptors (Lipinski definition) is 4. The van der Waals surface area contributed by atoms with Gasteiger partial charge in [0.15, 0.2) is 0 Å². The van der Waals surface area contributed by atoms with Gasteiger partial charge in [0.2, 0.25) is 5.91 Å². The Bertz CT molecular complexity index is 699. The second kappa shape index (κ2) is 8.94. The molecule has 1 saturated heterocycles. The Morgan fingerprint density at radius 1 is 1.44 bits per heavy atom. The number of carbonyl (C=O) groups excluding carboxylic acids is 1. The lowest BCUT2D eigenvalue weighted by molar-refractivity contribution is -0.122. The highest BCUT2D eigenvalue weighted by Crippen LogP contribution is 2.12. The van der Waals surface area contributed by atoms with Crippen molar-refractivity contribution in [1.82, 2.24) is 20.4 Å². The predicted molar refractivity (Wildman–Crippen MR) is 94.6 cm³/mol. The van der Waals surface area contributed by atoms with Crippen LogP contribution in [0.4, 0.5) is 4.39 Å². The van der Waals surface area contributed by atoms with Crippen molar-refractivity contribution >= 4 is 18.3 Å². The van der Waals surface area contributed by atoms with E-state index in [0.29, 0.717) is 26.2 Å². The second-order valence-corrected chi connectivity index (χ2v) is 5.87. The van der Waals surface area contributed by atoms with Crippen LogP contribution in [0.15, 0.2) is 30.5 Å². The quantitative estimate of drug-likeness (QED) is 0.843. The normalized spacial score (nSPS) is 17.0. The monoisotopic (exact) mass is 368 g/mol. The molecule has 2 N–H and O–H groups in total. The fourth-order valence-electron chi connectivity index (χ4n) is 2.64. The van der Waals surface area contributed by atoms with Gasteiger partial charge in [-0.1, -0.05) is 0 Å². The van der Waals surface area contributed by atoms with Gasteiger partial charge in [-0.05, 0) is 31.2 Å². The molecule has 6 nitrogen and oxygen atoms in total. The number of rotatable bonds is 5. The molecule has 2 aromatic rings. The summed E-state index contributed by atoms with van der Waals surface area (Å²) in [7, 11) is 0. The molecule has 0 bridgehead atoms. The zero-order chi connectivity index (χ0) is 16.9. The van der Waals surface area contributed by atoms with Crippen molar-refractivity contribution in [2.45, 2.75) is 25.9 Å². The van der Waals surface area contributed by atoms with Crippen LogP contribution in [0.5, 0.6) is 0 Å². The average molecular weight is 369 g/mol. The van der Waals surface area contributed by atoms with Crippen molar-refractivity contribution < 1.29 is 13.9 Å². The second-order valence-electron chi connectivity index (χ2n) is 5.87. The van der Waals surface area contributed by atoms with Crippen LogP contribution >= 0.6 is 12.4 Å². The van der Waals surface area contributed by atoms with Crippen LogP contribution < -0.4 is 10.6 Å². The van der Waals surface area contributed by atoms with E-state index in [9.17, 15) is 9.18 Å². The van der Waals surface area contributed by atoms with E-state index in [4.69, 9.17) is 4.74 Å². The molecule has 1 amide bonds. The first-order valence-electron chi connectivity index (χ1n) is 8.01. The van der Waals surface area contributed by atoms with E-state index in [0.717, 1.165) is 23.5 Å². The first-order valence-corrected chi connectivity index (χ1v) is 8.01. The van der Waals surface area contributed by atoms with Crippen LogP contribution in [0, 0.1) is 12.7 Å². The van der Waals surface area contributed by atoms with E-state index < -0.39 is 0 Å². The summed E-state index contributed by atoms with van der Waals surface area (Å²) < 4.78 is 20.0. The first-order chi connectivity index (χ1) is 11.6. The molecular weight excluding hydrogens is 347 g/mol. The minimum Gasteiger partial charge on any atom is -0.378 e. The highest BCUT2D eigenvalue weighted by atomic mass is 35.5. The number of amides is 1. The molecule has 2 heterocycles. The van der Waals surface area contributed by atoms with Crippen LogP contribution in [0.2, 0.25) is 0 Å². The van der Waals surface area contributed by atoms with Gasteiger partial charge in [0.05, 0.1) is 24.6 Å². The third-order valence-electron chi connectivity index (χ3n) is 4.00. The van der Waals surface area contributed by atoms with Gasteiger partial charge in [0, 0.05) is 37.3 Å². The largest absolute Gasteiger partial charge is 0.378 e. The Balaban J connectivity index is 0.00000225. The fourth-order valence-corrected chi connectivity index (χ4v) is 2.64. The number of nitrogens with one attached hydrogen (secondary N) is 2. The molecule has 1 fully saturated rings. The molecule has 25 heavy (non-hydrogen) atoms. The van der Waals surface area contributed by atoms with Crippen molar-refractivity contribution in [1.29, 1.82) is 0 Å². The van der Waals surface area contributed by atoms with Crippen LogP contribution in [-0.4, -0.2) is 41.5 Å². The molecule has 0 aliphatic carbocycles. The molecular formula is C17H22ClFN4O2. The van der Waals surface area contributed by atoms with Crippen LogP contribution in [0.25, 0.3) is 5.69 Å². The van der Waals surface area contributed by atoms with Gasteiger partial charge in [-0.3, -0.25) is 4.79 Å². The third-order valence-corrected chi connectivity index (χ3v) is 4.00. The number of ether oxygens (including phenoxy) is 1. The maximum atomic E-state index is 13.0. The molecule has 0 spiro atoms. The van der Waals surface area contributed by atoms with Gasteiger partial charge in [-0.2, -0.15) is 5.10 Å². The van der Waals surface area contributed by atoms with Crippen molar-refractivity contribution in [2.75, 3.05) is 19.8 Å². The zero-order valence-electron chi connectivity index (χ0n) is 14.0. The molecule has 0 radical (unpaired) electrons. The third kappa shape index (κ3) is 5.26. The van der Waals surface area contributed by atoms with E-state index in [1.807, 2.05) is 13.1 Å². The number of halogens is 2. The summed E-state index contributed by atoms with van der Waals surface area (Å²) in [6, 6.07) is 6.19. The highest BCUT2D eigenvalue weighted by molar-refractivity contribution is 5.85. The molecule has 0 saturated carbocycles. The SMILES string of the molecule is Cc1nn(-c2ccc(F)cc2)cc1CNC(=O)CC1COCCN1.Cl. The van der Waals surface area contributed by atoms with Gasteiger partial charge < -0.3 is 15.4 Å². The summed E-state index contributed by atoms with van der Waals surface area (Å²) in [5.41, 5.74) is 2.54. The zero-order valence-corrected chi connectivity index (χ0v) is 14.8. The Morgan fingerprint density at radius 3 is 2.88 bits per heavy atom. The lowest BCUT2D eigenvalue weighted by Gasteiger charge is -2.23. The summed E-state index contributed by atoms with van der Waals surface area (Å²) in [5.74, 6) is -0.303. The number of aryl methyl sites for hydroxylation is 1. The number of hydrogen-bond donors (Lipinski definition) is 2. The molecule has 3 rings (SSSR count). The summed E-state index contributed by atoms with van der Waals surface area (Å²) >= 11 is 0. The molecule has 1 aromatic heterocycles. The standard InChI is InChI=1S/C17H21FN4O2.ClH/c1-12-13(9-20-17(23)8-15-11-24-7-6-19-15)10-22(21-12)16-4-2-14(18)3-5-16;/h2-5,10,15,19H,6-9,11H2,1H3,(H,20,23);1H. The van der Waals surface area contributed by atoms with Gasteiger partial charge >= 0.3 is 0 Å². The minimum atomic E-state index is -0.282. The maximum Gasteiger partial charge on any atom is 0.221 e. The number of benzene rings is 1. The van der Waals surface area contributed by atoms with E-state index in [-0.39, 0.29) is 30.2 Å². The highest BCUT2D eigenvalue weighted by Gasteiger charge is 2.17. The Labute approximate surface area is 152 Å². The minimum absolute atomic E-state index is 0. The van der Waals surface area contributed by atoms with Gasteiger partial charge in [0.25, 0.3) is 0 Å². The lowest BCUT2D eigenvalue weighted by Crippen LogP contribution is -2.44. The molecule has 8 heteroatoms. The number of morpholine rings is 1. The lowest BCUT2D eigenvalue weighted by atomic mass is 10.2. The van der Waals surface area contributed by atoms with Crippen molar-refractivity contribution in [3.8, 4) is 5.69 Å². The summed E-state index contributed by atoms with van der Waals surface area (Å²) in [5, 5.41) is 10.6. The first kappa shape index (κ1) is 19.4. The smallest absolute Gasteiger partial charge is 0.221 e. The summed E-state index contributed by atoms with van der Waals surface area (Å²) in [6.45, 7) is 4.34. The van der Waals surface area contributed by atoms with E-state index >= 15 is 0 Å². The van der Waals surface area contributed by atoms with Crippen molar-refractivity contribution in [3.63, 3.8) is 0 Å². The van der Waals surface area contributed by atoms with E-state index in [1.54, 1.807) is 16.8 Å². The molecule has 1 atom stereocenters. The summed E-state index contributed by atoms with van der Waals surface area (Å²) in [6.07, 6.45) is 2.25. The van der Waals surface area contributed by atoms with Crippen LogP contribution in [0.3, 0.4) is 0 Å². The summed E-state index contributed by atoms with van der Waals surface area (Å²) in [4.78, 5) is 12.0. The fraction of sp³-hybridized carbons (Fsp3) is 0.412. The van der Waals surface area contributed by atoms with Gasteiger partial charge in [-0.15, -0.1) is 12.4 Å². The van der Waals surface area contributed by atoms with Gasteiger partial charge in [-0.25, -0.2) is 9.07 Å². The Kier molecular flexibility index (Phi) is 6.92. The predicted octanol–water partition coefficient (Wildman–Crippen LogP) is 1.74. The van der Waals surface area contributed by atoms with Gasteiger partial charge in [0.1, 0.15) is 5.82 Å². The Hall–Kier alpha value is -1.96. The molecule has 1 unspecified atom stereocenters. The van der Waals surface area contributed by atoms with Crippen molar-refractivity contribution in [3.05, 3.63) is 47.5 Å². The van der Waals surface area contributed by atoms with E-state index in [1.165, 1.54) is 12.1 Å². The topological polar surface area (TPSA) is 68.2 Å². The van der Waals surface area contributed by atoms with Crippen LogP contribution in [-0.2, 0) is 16.1 Å².